The monoisotopic (exact) mass is 397 g/mol. The van der Waals surface area contributed by atoms with E-state index in [0.717, 1.165) is 12.1 Å². The molecule has 6 rings (SSSR count). The zero-order valence-corrected chi connectivity index (χ0v) is 17.3. The minimum absolute atomic E-state index is 0.215. The lowest BCUT2D eigenvalue weighted by molar-refractivity contribution is 0.774. The van der Waals surface area contributed by atoms with Crippen molar-refractivity contribution >= 4 is 27.6 Å². The van der Waals surface area contributed by atoms with Crippen molar-refractivity contribution in [3.05, 3.63) is 126 Å². The molecule has 0 fully saturated rings. The molecular formula is C30H23N. The molecule has 0 spiro atoms. The Hall–Kier alpha value is -3.84. The van der Waals surface area contributed by atoms with Crippen LogP contribution in [0.1, 0.15) is 22.6 Å². The van der Waals surface area contributed by atoms with Crippen molar-refractivity contribution in [2.24, 2.45) is 5.73 Å². The molecule has 0 radical (unpaired) electrons. The molecule has 1 nitrogen and oxygen atoms in total. The van der Waals surface area contributed by atoms with Gasteiger partial charge in [-0.3, -0.25) is 0 Å². The van der Waals surface area contributed by atoms with Crippen LogP contribution in [0.2, 0.25) is 0 Å². The molecule has 1 atom stereocenters. The Morgan fingerprint density at radius 1 is 0.581 bits per heavy atom. The minimum Gasteiger partial charge on any atom is -0.402 e. The van der Waals surface area contributed by atoms with Gasteiger partial charge in [-0.25, -0.2) is 0 Å². The van der Waals surface area contributed by atoms with Gasteiger partial charge in [-0.2, -0.15) is 0 Å². The molecular weight excluding hydrogens is 374 g/mol. The highest BCUT2D eigenvalue weighted by Crippen LogP contribution is 2.42. The Bertz CT molecular complexity index is 1450. The fraction of sp³-hybridized carbons (Fsp3) is 0.0667. The van der Waals surface area contributed by atoms with E-state index in [2.05, 4.69) is 109 Å². The summed E-state index contributed by atoms with van der Waals surface area (Å²) >= 11 is 0. The van der Waals surface area contributed by atoms with Crippen LogP contribution in [-0.2, 0) is 6.42 Å². The van der Waals surface area contributed by atoms with Crippen LogP contribution in [0.4, 0.5) is 0 Å². The average molecular weight is 398 g/mol. The second-order valence-corrected chi connectivity index (χ2v) is 8.38. The number of allylic oxidation sites excluding steroid dienone is 1. The molecule has 0 bridgehead atoms. The number of hydrogen-bond acceptors (Lipinski definition) is 1. The first kappa shape index (κ1) is 18.0. The van der Waals surface area contributed by atoms with Crippen molar-refractivity contribution in [1.82, 2.24) is 0 Å². The van der Waals surface area contributed by atoms with Gasteiger partial charge in [0.2, 0.25) is 0 Å². The molecule has 1 unspecified atom stereocenters. The molecule has 0 saturated heterocycles. The lowest BCUT2D eigenvalue weighted by atomic mass is 9.78. The molecule has 0 aliphatic heterocycles. The standard InChI is InChI=1S/C30H23N/c31-30-19-29-24-14-8-7-13-23(24)27-17-22(20-9-3-1-4-10-20)15-16-25(27)28(29)18-26(30)21-11-5-2-6-12-21/h1-17,19,26H,18,31H2. The third-order valence-corrected chi connectivity index (χ3v) is 6.61. The van der Waals surface area contributed by atoms with E-state index in [1.807, 2.05) is 0 Å². The second kappa shape index (κ2) is 7.14. The Kier molecular flexibility index (Phi) is 4.14. The van der Waals surface area contributed by atoms with Crippen LogP contribution in [0.15, 0.2) is 109 Å². The van der Waals surface area contributed by atoms with Crippen molar-refractivity contribution in [3.8, 4) is 11.1 Å². The smallest absolute Gasteiger partial charge is 0.0276 e. The van der Waals surface area contributed by atoms with Gasteiger partial charge in [0, 0.05) is 11.6 Å². The number of hydrogen-bond donors (Lipinski definition) is 1. The first-order chi connectivity index (χ1) is 15.3. The maximum Gasteiger partial charge on any atom is 0.0276 e. The predicted molar refractivity (Wildman–Crippen MR) is 132 cm³/mol. The number of benzene rings is 5. The largest absolute Gasteiger partial charge is 0.402 e. The van der Waals surface area contributed by atoms with Crippen molar-refractivity contribution in [2.75, 3.05) is 0 Å². The molecule has 1 heteroatoms. The van der Waals surface area contributed by atoms with Gasteiger partial charge in [0.1, 0.15) is 0 Å². The van der Waals surface area contributed by atoms with Crippen LogP contribution in [-0.4, -0.2) is 0 Å². The van der Waals surface area contributed by atoms with Gasteiger partial charge in [-0.05, 0) is 67.9 Å². The van der Waals surface area contributed by atoms with E-state index >= 15 is 0 Å². The number of rotatable bonds is 2. The summed E-state index contributed by atoms with van der Waals surface area (Å²) in [7, 11) is 0. The molecule has 0 amide bonds. The molecule has 0 saturated carbocycles. The average Bonchev–Trinajstić information content (AvgIpc) is 2.85. The van der Waals surface area contributed by atoms with Gasteiger partial charge in [0.25, 0.3) is 0 Å². The van der Waals surface area contributed by atoms with Crippen molar-refractivity contribution < 1.29 is 0 Å². The van der Waals surface area contributed by atoms with Crippen molar-refractivity contribution in [3.63, 3.8) is 0 Å². The zero-order chi connectivity index (χ0) is 20.8. The Morgan fingerprint density at radius 3 is 2.03 bits per heavy atom. The summed E-state index contributed by atoms with van der Waals surface area (Å²) in [6.45, 7) is 0. The predicted octanol–water partition coefficient (Wildman–Crippen LogP) is 7.30. The molecule has 0 aromatic heterocycles. The summed E-state index contributed by atoms with van der Waals surface area (Å²) in [6, 6.07) is 36.9. The molecule has 2 N–H and O–H groups in total. The van der Waals surface area contributed by atoms with Crippen LogP contribution in [0.5, 0.6) is 0 Å². The highest BCUT2D eigenvalue weighted by molar-refractivity contribution is 6.14. The van der Waals surface area contributed by atoms with Gasteiger partial charge < -0.3 is 5.73 Å². The highest BCUT2D eigenvalue weighted by atomic mass is 14.6. The number of nitrogens with two attached hydrogens (primary N) is 1. The molecule has 5 aromatic rings. The summed E-state index contributed by atoms with van der Waals surface area (Å²) < 4.78 is 0. The molecule has 1 aliphatic carbocycles. The van der Waals surface area contributed by atoms with E-state index in [9.17, 15) is 0 Å². The van der Waals surface area contributed by atoms with Crippen LogP contribution in [0.3, 0.4) is 0 Å². The maximum absolute atomic E-state index is 6.62. The van der Waals surface area contributed by atoms with Crippen LogP contribution < -0.4 is 5.73 Å². The molecule has 1 aliphatic rings. The van der Waals surface area contributed by atoms with Gasteiger partial charge >= 0.3 is 0 Å². The van der Waals surface area contributed by atoms with Crippen LogP contribution >= 0.6 is 0 Å². The van der Waals surface area contributed by atoms with Crippen molar-refractivity contribution in [1.29, 1.82) is 0 Å². The highest BCUT2D eigenvalue weighted by Gasteiger charge is 2.25. The lowest BCUT2D eigenvalue weighted by Crippen LogP contribution is -2.17. The van der Waals surface area contributed by atoms with Crippen LogP contribution in [0, 0.1) is 0 Å². The van der Waals surface area contributed by atoms with E-state index < -0.39 is 0 Å². The van der Waals surface area contributed by atoms with E-state index in [0.29, 0.717) is 0 Å². The first-order valence-corrected chi connectivity index (χ1v) is 10.8. The topological polar surface area (TPSA) is 26.0 Å². The van der Waals surface area contributed by atoms with Gasteiger partial charge in [-0.15, -0.1) is 0 Å². The third-order valence-electron chi connectivity index (χ3n) is 6.61. The summed E-state index contributed by atoms with van der Waals surface area (Å²) in [4.78, 5) is 0. The van der Waals surface area contributed by atoms with Crippen LogP contribution in [0.25, 0.3) is 38.7 Å². The lowest BCUT2D eigenvalue weighted by Gasteiger charge is -2.27. The molecule has 0 heterocycles. The second-order valence-electron chi connectivity index (χ2n) is 8.38. The van der Waals surface area contributed by atoms with E-state index in [4.69, 9.17) is 5.73 Å². The number of fused-ring (bicyclic) bond motifs is 6. The van der Waals surface area contributed by atoms with Gasteiger partial charge in [-0.1, -0.05) is 97.1 Å². The van der Waals surface area contributed by atoms with E-state index in [-0.39, 0.29) is 5.92 Å². The molecule has 31 heavy (non-hydrogen) atoms. The summed E-state index contributed by atoms with van der Waals surface area (Å²) in [6.07, 6.45) is 3.14. The first-order valence-electron chi connectivity index (χ1n) is 10.8. The van der Waals surface area contributed by atoms with E-state index in [1.165, 1.54) is 49.4 Å². The Morgan fingerprint density at radius 2 is 1.26 bits per heavy atom. The van der Waals surface area contributed by atoms with Gasteiger partial charge in [0.15, 0.2) is 0 Å². The van der Waals surface area contributed by atoms with Crippen molar-refractivity contribution in [2.45, 2.75) is 12.3 Å². The maximum atomic E-state index is 6.62. The summed E-state index contributed by atoms with van der Waals surface area (Å²) in [5, 5.41) is 5.22. The summed E-state index contributed by atoms with van der Waals surface area (Å²) in [5.41, 5.74) is 14.0. The summed E-state index contributed by atoms with van der Waals surface area (Å²) in [5.74, 6) is 0.215. The zero-order valence-electron chi connectivity index (χ0n) is 17.3. The fourth-order valence-electron chi connectivity index (χ4n) is 5.07. The Balaban J connectivity index is 1.63. The Labute approximate surface area is 182 Å². The fourth-order valence-corrected chi connectivity index (χ4v) is 5.07. The molecule has 5 aromatic carbocycles. The SMILES string of the molecule is NC1=Cc2c(c3ccc(-c4ccccc4)cc3c3ccccc23)CC1c1ccccc1. The van der Waals surface area contributed by atoms with E-state index in [1.54, 1.807) is 0 Å². The normalized spacial score (nSPS) is 15.6. The quantitative estimate of drug-likeness (QED) is 0.311. The minimum atomic E-state index is 0.215. The molecule has 148 valence electrons. The van der Waals surface area contributed by atoms with Gasteiger partial charge in [0.05, 0.1) is 0 Å². The third kappa shape index (κ3) is 2.93.